The Morgan fingerprint density at radius 1 is 1.24 bits per heavy atom. The van der Waals surface area contributed by atoms with Crippen LogP contribution in [0.3, 0.4) is 0 Å². The van der Waals surface area contributed by atoms with Gasteiger partial charge in [-0.2, -0.15) is 8.42 Å². The van der Waals surface area contributed by atoms with Gasteiger partial charge in [0.05, 0.1) is 18.3 Å². The highest BCUT2D eigenvalue weighted by Gasteiger charge is 2.26. The smallest absolute Gasteiger partial charge is 0.297 e. The van der Waals surface area contributed by atoms with E-state index in [-0.39, 0.29) is 6.42 Å². The number of nitrogens with one attached hydrogen (secondary N) is 1. The fourth-order valence-electron chi connectivity index (χ4n) is 2.02. The first-order valence-electron chi connectivity index (χ1n) is 8.00. The van der Waals surface area contributed by atoms with Gasteiger partial charge in [-0.05, 0) is 26.3 Å². The first-order chi connectivity index (χ1) is 11.6. The Labute approximate surface area is 148 Å². The topological polar surface area (TPSA) is 96.6 Å². The van der Waals surface area contributed by atoms with E-state index in [0.717, 1.165) is 11.8 Å². The molecule has 138 valence electrons. The molecular weight excluding hydrogens is 342 g/mol. The monoisotopic (exact) mass is 367 g/mol. The SMILES string of the molecule is CC.Cc1cccc(CC(=O)NS(=O)(=O)c2cc(C(C)(C)O)co2)c1. The van der Waals surface area contributed by atoms with E-state index in [1.165, 1.54) is 19.9 Å². The minimum Gasteiger partial charge on any atom is -0.451 e. The van der Waals surface area contributed by atoms with Crippen molar-refractivity contribution in [2.24, 2.45) is 0 Å². The lowest BCUT2D eigenvalue weighted by Crippen LogP contribution is -2.31. The summed E-state index contributed by atoms with van der Waals surface area (Å²) in [5.74, 6) is -0.656. The van der Waals surface area contributed by atoms with Crippen molar-refractivity contribution in [1.29, 1.82) is 0 Å². The molecule has 2 aromatic rings. The molecule has 7 heteroatoms. The normalized spacial score (nSPS) is 11.4. The van der Waals surface area contributed by atoms with Crippen LogP contribution in [0.25, 0.3) is 0 Å². The van der Waals surface area contributed by atoms with E-state index in [0.29, 0.717) is 11.1 Å². The first-order valence-corrected chi connectivity index (χ1v) is 9.49. The van der Waals surface area contributed by atoms with Gasteiger partial charge >= 0.3 is 0 Å². The van der Waals surface area contributed by atoms with Crippen LogP contribution in [0.4, 0.5) is 0 Å². The van der Waals surface area contributed by atoms with E-state index in [9.17, 15) is 18.3 Å². The van der Waals surface area contributed by atoms with Crippen molar-refractivity contribution in [2.45, 2.75) is 51.7 Å². The minimum absolute atomic E-state index is 0.0556. The molecule has 0 unspecified atom stereocenters. The quantitative estimate of drug-likeness (QED) is 0.847. The fraction of sp³-hybridized carbons (Fsp3) is 0.389. The standard InChI is InChI=1S/C16H19NO5S.C2H6/c1-11-5-4-6-12(7-11)8-14(18)17-23(20,21)15-9-13(10-22-15)16(2,3)19;1-2/h4-7,9-10,19H,8H2,1-3H3,(H,17,18);1-2H3. The van der Waals surface area contributed by atoms with E-state index < -0.39 is 26.6 Å². The van der Waals surface area contributed by atoms with Crippen LogP contribution in [0.1, 0.15) is 44.4 Å². The average molecular weight is 367 g/mol. The number of aliphatic hydroxyl groups is 1. The molecule has 1 amide bonds. The predicted octanol–water partition coefficient (Wildman–Crippen LogP) is 2.89. The zero-order valence-electron chi connectivity index (χ0n) is 15.2. The lowest BCUT2D eigenvalue weighted by atomic mass is 10.0. The van der Waals surface area contributed by atoms with Crippen LogP contribution in [0.2, 0.25) is 0 Å². The van der Waals surface area contributed by atoms with E-state index in [1.54, 1.807) is 12.1 Å². The zero-order chi connectivity index (χ0) is 19.3. The van der Waals surface area contributed by atoms with Gasteiger partial charge in [0.25, 0.3) is 10.0 Å². The molecule has 1 heterocycles. The van der Waals surface area contributed by atoms with Crippen molar-refractivity contribution >= 4 is 15.9 Å². The van der Waals surface area contributed by atoms with Gasteiger partial charge in [0.15, 0.2) is 0 Å². The number of sulfonamides is 1. The van der Waals surface area contributed by atoms with Crippen LogP contribution in [-0.4, -0.2) is 19.4 Å². The highest BCUT2D eigenvalue weighted by atomic mass is 32.2. The molecule has 0 aliphatic carbocycles. The van der Waals surface area contributed by atoms with Gasteiger partial charge in [0.1, 0.15) is 0 Å². The third-order valence-electron chi connectivity index (χ3n) is 3.24. The Kier molecular flexibility index (Phi) is 6.96. The second-order valence-corrected chi connectivity index (χ2v) is 7.52. The number of hydrogen-bond donors (Lipinski definition) is 2. The molecule has 0 atom stereocenters. The van der Waals surface area contributed by atoms with Gasteiger partial charge in [0, 0.05) is 11.6 Å². The number of carbonyl (C=O) groups is 1. The number of amides is 1. The van der Waals surface area contributed by atoms with Gasteiger partial charge in [-0.15, -0.1) is 0 Å². The molecule has 0 saturated heterocycles. The summed E-state index contributed by atoms with van der Waals surface area (Å²) in [5, 5.41) is 9.42. The molecule has 0 spiro atoms. The van der Waals surface area contributed by atoms with E-state index in [4.69, 9.17) is 4.42 Å². The number of benzene rings is 1. The number of rotatable bonds is 5. The largest absolute Gasteiger partial charge is 0.451 e. The number of aryl methyl sites for hydroxylation is 1. The number of furan rings is 1. The van der Waals surface area contributed by atoms with Crippen LogP contribution in [0.5, 0.6) is 0 Å². The Bertz CT molecular complexity index is 816. The van der Waals surface area contributed by atoms with Crippen LogP contribution in [0, 0.1) is 6.92 Å². The molecule has 0 saturated carbocycles. The maximum atomic E-state index is 12.1. The maximum absolute atomic E-state index is 12.1. The minimum atomic E-state index is -4.11. The van der Waals surface area contributed by atoms with Crippen molar-refractivity contribution in [1.82, 2.24) is 4.72 Å². The molecule has 2 rings (SSSR count). The summed E-state index contributed by atoms with van der Waals surface area (Å²) in [6, 6.07) is 8.44. The van der Waals surface area contributed by atoms with E-state index in [2.05, 4.69) is 0 Å². The van der Waals surface area contributed by atoms with Crippen molar-refractivity contribution in [2.75, 3.05) is 0 Å². The van der Waals surface area contributed by atoms with Gasteiger partial charge in [-0.1, -0.05) is 43.7 Å². The van der Waals surface area contributed by atoms with Crippen LogP contribution in [-0.2, 0) is 26.8 Å². The van der Waals surface area contributed by atoms with Gasteiger partial charge in [0.2, 0.25) is 11.0 Å². The number of hydrogen-bond acceptors (Lipinski definition) is 5. The lowest BCUT2D eigenvalue weighted by Gasteiger charge is -2.13. The summed E-state index contributed by atoms with van der Waals surface area (Å²) >= 11 is 0. The highest BCUT2D eigenvalue weighted by Crippen LogP contribution is 2.24. The summed E-state index contributed by atoms with van der Waals surface area (Å²) < 4.78 is 31.2. The van der Waals surface area contributed by atoms with Crippen molar-refractivity contribution < 1.29 is 22.7 Å². The van der Waals surface area contributed by atoms with Crippen LogP contribution < -0.4 is 4.72 Å². The molecule has 0 radical (unpaired) electrons. The molecule has 1 aromatic heterocycles. The third kappa shape index (κ3) is 6.03. The predicted molar refractivity (Wildman–Crippen MR) is 95.5 cm³/mol. The third-order valence-corrected chi connectivity index (χ3v) is 4.48. The molecule has 2 N–H and O–H groups in total. The lowest BCUT2D eigenvalue weighted by molar-refractivity contribution is -0.118. The Hall–Kier alpha value is -2.12. The Morgan fingerprint density at radius 2 is 1.88 bits per heavy atom. The maximum Gasteiger partial charge on any atom is 0.297 e. The second kappa shape index (κ2) is 8.31. The van der Waals surface area contributed by atoms with Crippen molar-refractivity contribution in [3.8, 4) is 0 Å². The Morgan fingerprint density at radius 3 is 2.40 bits per heavy atom. The summed E-state index contributed by atoms with van der Waals surface area (Å²) in [4.78, 5) is 11.9. The van der Waals surface area contributed by atoms with Crippen molar-refractivity contribution in [3.05, 3.63) is 53.3 Å². The summed E-state index contributed by atoms with van der Waals surface area (Å²) in [5.41, 5.74) is 0.778. The molecule has 0 aliphatic heterocycles. The molecule has 0 aliphatic rings. The average Bonchev–Trinajstić information content (AvgIpc) is 2.99. The molecule has 0 bridgehead atoms. The molecule has 1 aromatic carbocycles. The molecule has 6 nitrogen and oxygen atoms in total. The van der Waals surface area contributed by atoms with Gasteiger partial charge in [-0.3, -0.25) is 4.79 Å². The number of carbonyl (C=O) groups excluding carboxylic acids is 1. The summed E-state index contributed by atoms with van der Waals surface area (Å²) in [7, 11) is -4.11. The summed E-state index contributed by atoms with van der Waals surface area (Å²) in [6.45, 7) is 8.90. The van der Waals surface area contributed by atoms with Crippen LogP contribution >= 0.6 is 0 Å². The second-order valence-electron chi connectivity index (χ2n) is 5.91. The Balaban J connectivity index is 0.00000151. The zero-order valence-corrected chi connectivity index (χ0v) is 16.0. The molecular formula is C18H25NO5S. The fourth-order valence-corrected chi connectivity index (χ4v) is 2.95. The van der Waals surface area contributed by atoms with Crippen molar-refractivity contribution in [3.63, 3.8) is 0 Å². The summed E-state index contributed by atoms with van der Waals surface area (Å²) in [6.07, 6.45) is 1.10. The van der Waals surface area contributed by atoms with Gasteiger partial charge in [-0.25, -0.2) is 4.72 Å². The van der Waals surface area contributed by atoms with E-state index in [1.807, 2.05) is 37.6 Å². The van der Waals surface area contributed by atoms with Gasteiger partial charge < -0.3 is 9.52 Å². The molecule has 25 heavy (non-hydrogen) atoms. The van der Waals surface area contributed by atoms with Crippen LogP contribution in [0.15, 0.2) is 46.1 Å². The molecule has 0 fully saturated rings. The highest BCUT2D eigenvalue weighted by molar-refractivity contribution is 7.89. The first kappa shape index (κ1) is 20.9. The van der Waals surface area contributed by atoms with E-state index >= 15 is 0 Å².